The van der Waals surface area contributed by atoms with Gasteiger partial charge in [0.2, 0.25) is 11.8 Å². The Kier molecular flexibility index (Phi) is 49.1. The summed E-state index contributed by atoms with van der Waals surface area (Å²) in [6.07, 6.45) is 0.750. The minimum atomic E-state index is -0.905. The molecule has 0 bridgehead atoms. The highest BCUT2D eigenvalue weighted by atomic mass is 32.1. The van der Waals surface area contributed by atoms with Crippen LogP contribution >= 0.6 is 12.6 Å². The summed E-state index contributed by atoms with van der Waals surface area (Å²) in [6, 6.07) is -1.20. The molecule has 0 aromatic carbocycles. The van der Waals surface area contributed by atoms with Gasteiger partial charge in [0.15, 0.2) is 0 Å². The van der Waals surface area contributed by atoms with E-state index in [1.165, 1.54) is 6.92 Å². The summed E-state index contributed by atoms with van der Waals surface area (Å²) in [5.41, 5.74) is 5.68. The van der Waals surface area contributed by atoms with Crippen LogP contribution in [0.4, 0.5) is 0 Å². The number of ketones is 2. The van der Waals surface area contributed by atoms with E-state index < -0.39 is 24.0 Å². The second-order valence-corrected chi connectivity index (χ2v) is 16.5. The highest BCUT2D eigenvalue weighted by Gasteiger charge is 2.23. The van der Waals surface area contributed by atoms with Gasteiger partial charge in [-0.2, -0.15) is 41.4 Å². The summed E-state index contributed by atoms with van der Waals surface area (Å²) in [5, 5.41) is 23.1. The van der Waals surface area contributed by atoms with Crippen LogP contribution in [0.5, 0.6) is 0 Å². The van der Waals surface area contributed by atoms with Gasteiger partial charge in [0, 0.05) is 103 Å². The molecule has 0 aromatic heterocycles. The van der Waals surface area contributed by atoms with Crippen LogP contribution in [0, 0.1) is 5.92 Å². The third-order valence-electron chi connectivity index (χ3n) is 9.88. The third-order valence-corrected chi connectivity index (χ3v) is 10.4. The lowest BCUT2D eigenvalue weighted by Gasteiger charge is -2.31. The Morgan fingerprint density at radius 3 is 1.07 bits per heavy atom. The molecule has 394 valence electrons. The van der Waals surface area contributed by atoms with Crippen LogP contribution in [0.3, 0.4) is 0 Å². The Morgan fingerprint density at radius 2 is 0.824 bits per heavy atom. The summed E-state index contributed by atoms with van der Waals surface area (Å²) in [5.74, 6) is -1.44. The number of nitrogens with one attached hydrogen (secondary N) is 2. The fourth-order valence-corrected chi connectivity index (χ4v) is 6.02. The first-order valence-corrected chi connectivity index (χ1v) is 22.4. The molecule has 0 saturated carbocycles. The van der Waals surface area contributed by atoms with E-state index in [1.807, 2.05) is 25.7 Å². The fourth-order valence-electron chi connectivity index (χ4n) is 5.93. The minimum absolute atomic E-state index is 0. The van der Waals surface area contributed by atoms with Crippen LogP contribution in [-0.4, -0.2) is 261 Å². The lowest BCUT2D eigenvalue weighted by molar-refractivity contribution is -0.193. The maximum absolute atomic E-state index is 11.6. The van der Waals surface area contributed by atoms with E-state index in [-0.39, 0.29) is 74.3 Å². The van der Waals surface area contributed by atoms with Crippen LogP contribution in [0.2, 0.25) is 0 Å². The Labute approximate surface area is 408 Å². The topological polar surface area (TPSA) is 318 Å². The van der Waals surface area contributed by atoms with E-state index in [2.05, 4.69) is 63.9 Å². The van der Waals surface area contributed by atoms with E-state index in [9.17, 15) is 28.8 Å². The molecule has 0 aromatic rings. The molecule has 2 aliphatic rings. The molecule has 0 spiro atoms. The molecule has 68 heavy (non-hydrogen) atoms. The second-order valence-electron chi connectivity index (χ2n) is 16.2. The Hall–Kier alpha value is -4.61. The van der Waals surface area contributed by atoms with Crippen LogP contribution in [0.25, 0.3) is 0 Å². The lowest BCUT2D eigenvalue weighted by atomic mass is 10.0. The van der Waals surface area contributed by atoms with Crippen molar-refractivity contribution < 1.29 is 67.7 Å². The summed E-state index contributed by atoms with van der Waals surface area (Å²) >= 11 is 4.07. The Balaban J connectivity index is -0.000000267. The van der Waals surface area contributed by atoms with Gasteiger partial charge in [-0.25, -0.2) is 0 Å². The molecule has 24 nitrogen and oxygen atoms in total. The largest absolute Gasteiger partial charge is 0.480 e. The number of Topliss-reactive ketones (excluding diaryl/α,β-unsaturated/α-hetero) is 2. The molecule has 2 aliphatic heterocycles. The molecule has 0 aliphatic carbocycles. The molecular formula is C43H82N10O14S. The van der Waals surface area contributed by atoms with E-state index in [0.29, 0.717) is 58.1 Å². The van der Waals surface area contributed by atoms with E-state index >= 15 is 0 Å². The number of likely N-dealkylation sites (N-methyl/N-ethyl adjacent to an activating group) is 3. The molecule has 2 fully saturated rings. The van der Waals surface area contributed by atoms with Crippen molar-refractivity contribution in [2.75, 3.05) is 144 Å². The SMILES string of the molecule is C.CC(=O)CN1CCN(CC(=O)O)CCN(CC(=O)O)CC1.CC(C)[C@H](N)C(=O)N[C@@H](C)C(=O)N[C@H](C)CS.CCN1CCN(C)CCN(CC(C)=O)CCN(C)CC1.O=C=O.O=C=O.O=C=O. The zero-order valence-electron chi connectivity index (χ0n) is 40.9. The van der Waals surface area contributed by atoms with E-state index in [0.717, 1.165) is 58.9 Å². The summed E-state index contributed by atoms with van der Waals surface area (Å²) in [6.45, 7) is 26.3. The number of nitrogens with zero attached hydrogens (tertiary/aromatic N) is 7. The van der Waals surface area contributed by atoms with Crippen molar-refractivity contribution >= 4 is 66.4 Å². The molecule has 2 saturated heterocycles. The van der Waals surface area contributed by atoms with Crippen molar-refractivity contribution in [3.8, 4) is 0 Å². The van der Waals surface area contributed by atoms with Gasteiger partial charge in [-0.3, -0.25) is 48.4 Å². The molecule has 6 N–H and O–H groups in total. The highest BCUT2D eigenvalue weighted by molar-refractivity contribution is 7.80. The average molecular weight is 995 g/mol. The zero-order chi connectivity index (χ0) is 52.5. The van der Waals surface area contributed by atoms with Crippen LogP contribution in [0.15, 0.2) is 0 Å². The third kappa shape index (κ3) is 45.2. The summed E-state index contributed by atoms with van der Waals surface area (Å²) in [7, 11) is 4.36. The molecule has 25 heteroatoms. The lowest BCUT2D eigenvalue weighted by Crippen LogP contribution is -2.53. The molecule has 3 atom stereocenters. The maximum atomic E-state index is 11.6. The number of carboxylic acid groups (broad SMARTS) is 2. The number of thiol groups is 1. The van der Waals surface area contributed by atoms with Gasteiger partial charge in [-0.15, -0.1) is 0 Å². The van der Waals surface area contributed by atoms with Gasteiger partial charge < -0.3 is 41.3 Å². The summed E-state index contributed by atoms with van der Waals surface area (Å²) in [4.78, 5) is 131. The van der Waals surface area contributed by atoms with Crippen molar-refractivity contribution in [1.82, 2.24) is 44.9 Å². The number of carbonyl (C=O) groups is 6. The predicted octanol–water partition coefficient (Wildman–Crippen LogP) is -2.46. The average Bonchev–Trinajstić information content (AvgIpc) is 3.32. The van der Waals surface area contributed by atoms with E-state index in [4.69, 9.17) is 44.7 Å². The standard InChI is InChI=1S/C15H32N4O.C13H23N3O5.C11H23N3O2S.3CO2.CH4/c1-5-18-10-6-16(3)8-12-19(14-15(2)20)13-9-17(4)7-11-18;1-11(17)8-14-2-4-15(9-12(18)19)6-7-16(5-3-14)10-13(20)21;1-6(2)9(12)11(16)14-8(4)10(15)13-7(3)5-17;3*2-1-3;/h5-14H2,1-4H3;2-10H2,1H3,(H,18,19)(H,20,21);6-9,17H,5,12H2,1-4H3,(H,13,15)(H,14,16);;;;1H4/t;;7-,8+,9+;;;;/m..1..../s1. The van der Waals surface area contributed by atoms with Crippen LogP contribution in [0.1, 0.15) is 55.9 Å². The minimum Gasteiger partial charge on any atom is -0.480 e. The zero-order valence-corrected chi connectivity index (χ0v) is 41.8. The Morgan fingerprint density at radius 1 is 0.544 bits per heavy atom. The van der Waals surface area contributed by atoms with Gasteiger partial charge in [-0.1, -0.05) is 28.2 Å². The van der Waals surface area contributed by atoms with Crippen LogP contribution < -0.4 is 16.4 Å². The smallest absolute Gasteiger partial charge is 0.373 e. The quantitative estimate of drug-likeness (QED) is 0.0927. The molecule has 0 unspecified atom stereocenters. The number of nitrogens with two attached hydrogens (primary N) is 1. The second kappa shape index (κ2) is 46.1. The Bertz CT molecular complexity index is 1400. The monoisotopic (exact) mass is 995 g/mol. The molecular weight excluding hydrogens is 913 g/mol. The van der Waals surface area contributed by atoms with Gasteiger partial charge in [0.05, 0.1) is 32.2 Å². The maximum Gasteiger partial charge on any atom is 0.373 e. The number of carboxylic acids is 2. The van der Waals surface area contributed by atoms with Crippen molar-refractivity contribution in [2.45, 2.75) is 74.0 Å². The van der Waals surface area contributed by atoms with Gasteiger partial charge >= 0.3 is 30.4 Å². The van der Waals surface area contributed by atoms with Gasteiger partial charge in [-0.05, 0) is 54.3 Å². The predicted molar refractivity (Wildman–Crippen MR) is 253 cm³/mol. The van der Waals surface area contributed by atoms with Gasteiger partial charge in [0.25, 0.3) is 0 Å². The number of amides is 2. The fraction of sp³-hybridized carbons (Fsp3) is 0.791. The van der Waals surface area contributed by atoms with E-state index in [1.54, 1.807) is 23.6 Å². The van der Waals surface area contributed by atoms with Crippen molar-refractivity contribution in [3.63, 3.8) is 0 Å². The van der Waals surface area contributed by atoms with Crippen molar-refractivity contribution in [1.29, 1.82) is 0 Å². The number of hydrogen-bond acceptors (Lipinski definition) is 21. The van der Waals surface area contributed by atoms with Crippen molar-refractivity contribution in [2.24, 2.45) is 11.7 Å². The molecule has 2 amide bonds. The van der Waals surface area contributed by atoms with Crippen molar-refractivity contribution in [3.05, 3.63) is 0 Å². The molecule has 2 heterocycles. The first-order valence-electron chi connectivity index (χ1n) is 21.8. The van der Waals surface area contributed by atoms with Crippen LogP contribution in [-0.2, 0) is 57.5 Å². The highest BCUT2D eigenvalue weighted by Crippen LogP contribution is 2.02. The first kappa shape index (κ1) is 72.4. The molecule has 0 radical (unpaired) electrons. The number of rotatable bonds is 15. The summed E-state index contributed by atoms with van der Waals surface area (Å²) < 4.78 is 0. The number of hydrogen-bond donors (Lipinski definition) is 6. The molecule has 2 rings (SSSR count). The number of carbonyl (C=O) groups excluding carboxylic acids is 10. The van der Waals surface area contributed by atoms with Gasteiger partial charge in [0.1, 0.15) is 17.6 Å². The number of aliphatic carboxylic acids is 2. The first-order chi connectivity index (χ1) is 31.4. The normalized spacial score (nSPS) is 17.2.